The number of nitrogens with zero attached hydrogens (tertiary/aromatic N) is 8. The Morgan fingerprint density at radius 1 is 1.25 bits per heavy atom. The van der Waals surface area contributed by atoms with Gasteiger partial charge in [-0.05, 0) is 25.1 Å². The highest BCUT2D eigenvalue weighted by molar-refractivity contribution is 5.90. The van der Waals surface area contributed by atoms with Crippen LogP contribution < -0.4 is 0 Å². The lowest BCUT2D eigenvalue weighted by atomic mass is 9.99. The van der Waals surface area contributed by atoms with Crippen LogP contribution >= 0.6 is 0 Å². The molecule has 1 amide bonds. The first-order chi connectivity index (χ1) is 15.6. The summed E-state index contributed by atoms with van der Waals surface area (Å²) >= 11 is 0. The van der Waals surface area contributed by atoms with Gasteiger partial charge in [-0.25, -0.2) is 14.5 Å². The van der Waals surface area contributed by atoms with E-state index < -0.39 is 6.04 Å². The fraction of sp³-hybridized carbons (Fsp3) is 0.238. The lowest BCUT2D eigenvalue weighted by Gasteiger charge is -2.32. The third-order valence-electron chi connectivity index (χ3n) is 5.69. The van der Waals surface area contributed by atoms with Gasteiger partial charge in [0.2, 0.25) is 0 Å². The fourth-order valence-corrected chi connectivity index (χ4v) is 4.16. The number of carbonyl (C=O) groups is 1. The molecule has 0 unspecified atom stereocenters. The quantitative estimate of drug-likeness (QED) is 0.465. The Morgan fingerprint density at radius 3 is 2.97 bits per heavy atom. The molecule has 11 heteroatoms. The number of pyridine rings is 1. The summed E-state index contributed by atoms with van der Waals surface area (Å²) < 4.78 is 9.32. The van der Waals surface area contributed by atoms with E-state index in [0.29, 0.717) is 18.7 Å². The summed E-state index contributed by atoms with van der Waals surface area (Å²) in [7, 11) is 1.84. The lowest BCUT2D eigenvalue weighted by Crippen LogP contribution is -2.41. The van der Waals surface area contributed by atoms with Gasteiger partial charge in [-0.15, -0.1) is 10.2 Å². The number of rotatable bonds is 3. The maximum atomic E-state index is 13.5. The van der Waals surface area contributed by atoms with Crippen molar-refractivity contribution in [2.45, 2.75) is 19.4 Å². The van der Waals surface area contributed by atoms with E-state index in [2.05, 4.69) is 25.1 Å². The summed E-state index contributed by atoms with van der Waals surface area (Å²) in [4.78, 5) is 27.1. The van der Waals surface area contributed by atoms with E-state index in [9.17, 15) is 4.79 Å². The van der Waals surface area contributed by atoms with Crippen LogP contribution in [0.3, 0.4) is 0 Å². The molecule has 0 saturated carbocycles. The minimum absolute atomic E-state index is 0.0883. The number of aryl methyl sites for hydroxylation is 2. The summed E-state index contributed by atoms with van der Waals surface area (Å²) in [6.45, 7) is 2.46. The Kier molecular flexibility index (Phi) is 3.97. The lowest BCUT2D eigenvalue weighted by molar-refractivity contribution is 0.0646. The molecule has 1 atom stereocenters. The van der Waals surface area contributed by atoms with Crippen molar-refractivity contribution in [1.82, 2.24) is 44.2 Å². The molecule has 11 nitrogen and oxygen atoms in total. The first-order valence-corrected chi connectivity index (χ1v) is 10.2. The van der Waals surface area contributed by atoms with Gasteiger partial charge in [0.25, 0.3) is 5.89 Å². The van der Waals surface area contributed by atoms with Gasteiger partial charge >= 0.3 is 11.8 Å². The predicted molar refractivity (Wildman–Crippen MR) is 112 cm³/mol. The molecule has 1 aliphatic rings. The molecule has 0 aromatic carbocycles. The fourth-order valence-electron chi connectivity index (χ4n) is 4.16. The molecule has 0 fully saturated rings. The maximum Gasteiger partial charge on any atom is 0.312 e. The summed E-state index contributed by atoms with van der Waals surface area (Å²) in [6, 6.07) is 7.47. The molecule has 6 heterocycles. The third kappa shape index (κ3) is 2.82. The van der Waals surface area contributed by atoms with Crippen molar-refractivity contribution < 1.29 is 9.21 Å². The zero-order chi connectivity index (χ0) is 21.8. The first kappa shape index (κ1) is 18.5. The SMILES string of the molecule is Cc1cccc2cc([C@H]3c4nc[nH]c4CCN3C(=O)c3nnc(-c4cn(C)cn4)o3)nn12. The molecule has 5 aromatic rings. The normalized spacial score (nSPS) is 15.9. The van der Waals surface area contributed by atoms with Crippen molar-refractivity contribution in [3.05, 3.63) is 71.8 Å². The molecular weight excluding hydrogens is 410 g/mol. The van der Waals surface area contributed by atoms with Crippen molar-refractivity contribution in [1.29, 1.82) is 0 Å². The number of amides is 1. The van der Waals surface area contributed by atoms with Gasteiger partial charge < -0.3 is 18.9 Å². The van der Waals surface area contributed by atoms with E-state index in [1.54, 1.807) is 28.3 Å². The molecular formula is C21H19N9O2. The van der Waals surface area contributed by atoms with Crippen LogP contribution in [-0.4, -0.2) is 56.7 Å². The highest BCUT2D eigenvalue weighted by Gasteiger charge is 2.38. The van der Waals surface area contributed by atoms with Gasteiger partial charge in [0.1, 0.15) is 11.7 Å². The van der Waals surface area contributed by atoms with E-state index in [0.717, 1.165) is 28.3 Å². The smallest absolute Gasteiger partial charge is 0.312 e. The number of aromatic nitrogens is 8. The molecule has 0 spiro atoms. The standard InChI is InChI=1S/C21H19N9O2/c1-12-4-3-5-13-8-15(27-30(12)13)18-17-14(22-10-23-17)6-7-29(18)21(31)20-26-25-19(32-20)16-9-28(2)11-24-16/h3-5,8-11,18H,6-7H2,1-2H3,(H,22,23)/t18-/m0/s1. The van der Waals surface area contributed by atoms with Crippen LogP contribution in [0.1, 0.15) is 39.5 Å². The largest absolute Gasteiger partial charge is 0.411 e. The zero-order valence-corrected chi connectivity index (χ0v) is 17.4. The van der Waals surface area contributed by atoms with Crippen molar-refractivity contribution in [3.8, 4) is 11.6 Å². The van der Waals surface area contributed by atoms with Crippen LogP contribution in [0.15, 0.2) is 47.5 Å². The van der Waals surface area contributed by atoms with Crippen LogP contribution in [0.2, 0.25) is 0 Å². The molecule has 1 aliphatic heterocycles. The number of hydrogen-bond donors (Lipinski definition) is 1. The first-order valence-electron chi connectivity index (χ1n) is 10.2. The van der Waals surface area contributed by atoms with Crippen LogP contribution in [0.5, 0.6) is 0 Å². The van der Waals surface area contributed by atoms with E-state index in [4.69, 9.17) is 9.52 Å². The van der Waals surface area contributed by atoms with E-state index in [1.165, 1.54) is 0 Å². The van der Waals surface area contributed by atoms with Gasteiger partial charge in [-0.2, -0.15) is 5.10 Å². The van der Waals surface area contributed by atoms with Crippen LogP contribution in [0.4, 0.5) is 0 Å². The molecule has 0 aliphatic carbocycles. The van der Waals surface area contributed by atoms with Gasteiger partial charge in [-0.1, -0.05) is 6.07 Å². The maximum absolute atomic E-state index is 13.5. The average Bonchev–Trinajstić information content (AvgIpc) is 3.57. The second-order valence-corrected chi connectivity index (χ2v) is 7.83. The van der Waals surface area contributed by atoms with E-state index in [1.807, 2.05) is 42.8 Å². The van der Waals surface area contributed by atoms with Gasteiger partial charge in [-0.3, -0.25) is 4.79 Å². The minimum atomic E-state index is -0.470. The average molecular weight is 429 g/mol. The van der Waals surface area contributed by atoms with Crippen molar-refractivity contribution in [2.24, 2.45) is 7.05 Å². The Bertz CT molecular complexity index is 1460. The van der Waals surface area contributed by atoms with Crippen molar-refractivity contribution >= 4 is 11.4 Å². The molecule has 32 heavy (non-hydrogen) atoms. The Hall–Kier alpha value is -4.28. The number of imidazole rings is 2. The Labute approximate surface area is 181 Å². The molecule has 1 N–H and O–H groups in total. The molecule has 160 valence electrons. The Morgan fingerprint density at radius 2 is 2.16 bits per heavy atom. The predicted octanol–water partition coefficient (Wildman–Crippen LogP) is 1.94. The summed E-state index contributed by atoms with van der Waals surface area (Å²) in [5, 5.41) is 12.8. The number of hydrogen-bond acceptors (Lipinski definition) is 7. The van der Waals surface area contributed by atoms with Gasteiger partial charge in [0, 0.05) is 37.6 Å². The Balaban J connectivity index is 1.41. The van der Waals surface area contributed by atoms with Crippen molar-refractivity contribution in [2.75, 3.05) is 6.54 Å². The molecule has 0 bridgehead atoms. The second-order valence-electron chi connectivity index (χ2n) is 7.83. The molecule has 5 aromatic heterocycles. The minimum Gasteiger partial charge on any atom is -0.411 e. The third-order valence-corrected chi connectivity index (χ3v) is 5.69. The monoisotopic (exact) mass is 429 g/mol. The molecule has 0 radical (unpaired) electrons. The van der Waals surface area contributed by atoms with Crippen LogP contribution in [-0.2, 0) is 13.5 Å². The number of carbonyl (C=O) groups excluding carboxylic acids is 1. The van der Waals surface area contributed by atoms with Gasteiger partial charge in [0.05, 0.1) is 29.6 Å². The number of nitrogens with one attached hydrogen (secondary N) is 1. The second kappa shape index (κ2) is 6.87. The molecule has 6 rings (SSSR count). The number of H-pyrrole nitrogens is 1. The van der Waals surface area contributed by atoms with E-state index >= 15 is 0 Å². The van der Waals surface area contributed by atoms with Crippen LogP contribution in [0, 0.1) is 6.92 Å². The summed E-state index contributed by atoms with van der Waals surface area (Å²) in [5.41, 5.74) is 4.96. The highest BCUT2D eigenvalue weighted by atomic mass is 16.4. The topological polar surface area (TPSA) is 123 Å². The number of fused-ring (bicyclic) bond motifs is 2. The highest BCUT2D eigenvalue weighted by Crippen LogP contribution is 2.34. The van der Waals surface area contributed by atoms with E-state index in [-0.39, 0.29) is 17.7 Å². The van der Waals surface area contributed by atoms with Crippen LogP contribution in [0.25, 0.3) is 17.1 Å². The summed E-state index contributed by atoms with van der Waals surface area (Å²) in [6.07, 6.45) is 5.68. The zero-order valence-electron chi connectivity index (χ0n) is 17.4. The van der Waals surface area contributed by atoms with Gasteiger partial charge in [0.15, 0.2) is 0 Å². The molecule has 0 saturated heterocycles. The van der Waals surface area contributed by atoms with Crippen molar-refractivity contribution in [3.63, 3.8) is 0 Å². The summed E-state index contributed by atoms with van der Waals surface area (Å²) in [5.74, 6) is -0.256. The number of aromatic amines is 1.